The molecule has 2 rings (SSSR count). The third-order valence-electron chi connectivity index (χ3n) is 3.07. The molecule has 0 spiro atoms. The molecular weight excluding hydrogens is 290 g/mol. The topological polar surface area (TPSA) is 75.1 Å². The molecule has 0 saturated carbocycles. The number of rotatable bonds is 4. The van der Waals surface area contributed by atoms with E-state index in [1.54, 1.807) is 26.0 Å². The van der Waals surface area contributed by atoms with Gasteiger partial charge in [-0.25, -0.2) is 9.97 Å². The molecule has 21 heavy (non-hydrogen) atoms. The lowest BCUT2D eigenvalue weighted by atomic mass is 9.96. The van der Waals surface area contributed by atoms with Gasteiger partial charge in [0.1, 0.15) is 17.1 Å². The zero-order valence-corrected chi connectivity index (χ0v) is 12.6. The van der Waals surface area contributed by atoms with Crippen molar-refractivity contribution in [1.82, 2.24) is 15.3 Å². The summed E-state index contributed by atoms with van der Waals surface area (Å²) in [6.07, 6.45) is 1.38. The monoisotopic (exact) mass is 305 g/mol. The number of nitrogens with one attached hydrogen (secondary N) is 1. The van der Waals surface area contributed by atoms with Crippen LogP contribution in [-0.4, -0.2) is 27.5 Å². The Morgan fingerprint density at radius 3 is 2.71 bits per heavy atom. The standard InChI is InChI=1S/C15H16ClN3O2/c1-10-17-8-12(16)13(19-10)14(20)18-9-15(2,21)11-6-4-3-5-7-11/h3-8,21H,9H2,1-2H3,(H,18,20). The number of carbonyl (C=O) groups is 1. The van der Waals surface area contributed by atoms with Crippen LogP contribution in [0.5, 0.6) is 0 Å². The number of hydrogen-bond acceptors (Lipinski definition) is 4. The number of benzene rings is 1. The molecule has 1 atom stereocenters. The number of carbonyl (C=O) groups excluding carboxylic acids is 1. The highest BCUT2D eigenvalue weighted by molar-refractivity contribution is 6.33. The number of aromatic nitrogens is 2. The number of nitrogens with zero attached hydrogens (tertiary/aromatic N) is 2. The molecule has 0 radical (unpaired) electrons. The summed E-state index contributed by atoms with van der Waals surface area (Å²) >= 11 is 5.91. The van der Waals surface area contributed by atoms with Crippen molar-refractivity contribution in [2.45, 2.75) is 19.4 Å². The van der Waals surface area contributed by atoms with E-state index in [1.807, 2.05) is 18.2 Å². The van der Waals surface area contributed by atoms with Crippen LogP contribution in [0.25, 0.3) is 0 Å². The van der Waals surface area contributed by atoms with E-state index in [0.717, 1.165) is 5.56 Å². The molecule has 0 saturated heterocycles. The second kappa shape index (κ2) is 6.20. The van der Waals surface area contributed by atoms with Crippen LogP contribution in [0.1, 0.15) is 28.8 Å². The minimum absolute atomic E-state index is 0.0508. The predicted octanol–water partition coefficient (Wildman–Crippen LogP) is 2.08. The van der Waals surface area contributed by atoms with Crippen LogP contribution in [0.2, 0.25) is 5.02 Å². The van der Waals surface area contributed by atoms with Crippen LogP contribution < -0.4 is 5.32 Å². The second-order valence-corrected chi connectivity index (χ2v) is 5.34. The Morgan fingerprint density at radius 1 is 1.38 bits per heavy atom. The number of amides is 1. The van der Waals surface area contributed by atoms with Crippen LogP contribution in [-0.2, 0) is 5.60 Å². The van der Waals surface area contributed by atoms with Crippen LogP contribution in [0.4, 0.5) is 0 Å². The van der Waals surface area contributed by atoms with E-state index in [-0.39, 0.29) is 17.3 Å². The summed E-state index contributed by atoms with van der Waals surface area (Å²) in [6, 6.07) is 9.12. The molecule has 0 fully saturated rings. The molecular formula is C15H16ClN3O2. The highest BCUT2D eigenvalue weighted by Crippen LogP contribution is 2.19. The molecule has 0 aliphatic rings. The van der Waals surface area contributed by atoms with E-state index >= 15 is 0 Å². The van der Waals surface area contributed by atoms with Crippen LogP contribution in [0.15, 0.2) is 36.5 Å². The Bertz CT molecular complexity index is 645. The fourth-order valence-electron chi connectivity index (χ4n) is 1.85. The van der Waals surface area contributed by atoms with Gasteiger partial charge in [-0.2, -0.15) is 0 Å². The summed E-state index contributed by atoms with van der Waals surface area (Å²) in [5.41, 5.74) is -0.353. The number of aliphatic hydroxyl groups is 1. The van der Waals surface area contributed by atoms with Crippen molar-refractivity contribution in [1.29, 1.82) is 0 Å². The average molecular weight is 306 g/mol. The summed E-state index contributed by atoms with van der Waals surface area (Å²) in [6.45, 7) is 3.36. The number of hydrogen-bond donors (Lipinski definition) is 2. The molecule has 1 aromatic carbocycles. The molecule has 2 aromatic rings. The maximum Gasteiger partial charge on any atom is 0.271 e. The third-order valence-corrected chi connectivity index (χ3v) is 3.35. The van der Waals surface area contributed by atoms with E-state index in [2.05, 4.69) is 15.3 Å². The van der Waals surface area contributed by atoms with Crippen LogP contribution in [0.3, 0.4) is 0 Å². The largest absolute Gasteiger partial charge is 0.384 e. The zero-order chi connectivity index (χ0) is 15.5. The van der Waals surface area contributed by atoms with Crippen molar-refractivity contribution in [2.75, 3.05) is 6.54 Å². The second-order valence-electron chi connectivity index (χ2n) is 4.94. The first kappa shape index (κ1) is 15.4. The van der Waals surface area contributed by atoms with Gasteiger partial charge in [-0.05, 0) is 19.4 Å². The molecule has 5 nitrogen and oxygen atoms in total. The lowest BCUT2D eigenvalue weighted by Gasteiger charge is -2.24. The van der Waals surface area contributed by atoms with Crippen molar-refractivity contribution < 1.29 is 9.90 Å². The van der Waals surface area contributed by atoms with Gasteiger partial charge < -0.3 is 10.4 Å². The van der Waals surface area contributed by atoms with Crippen molar-refractivity contribution >= 4 is 17.5 Å². The normalized spacial score (nSPS) is 13.5. The minimum Gasteiger partial charge on any atom is -0.384 e. The molecule has 1 unspecified atom stereocenters. The van der Waals surface area contributed by atoms with E-state index in [9.17, 15) is 9.90 Å². The molecule has 1 amide bonds. The van der Waals surface area contributed by atoms with E-state index in [1.165, 1.54) is 6.20 Å². The maximum atomic E-state index is 12.1. The molecule has 1 heterocycles. The van der Waals surface area contributed by atoms with Gasteiger partial charge in [-0.3, -0.25) is 4.79 Å². The van der Waals surface area contributed by atoms with Gasteiger partial charge in [0, 0.05) is 0 Å². The van der Waals surface area contributed by atoms with Crippen molar-refractivity contribution in [3.63, 3.8) is 0 Å². The lowest BCUT2D eigenvalue weighted by molar-refractivity contribution is 0.0525. The summed E-state index contributed by atoms with van der Waals surface area (Å²) in [7, 11) is 0. The van der Waals surface area contributed by atoms with Crippen molar-refractivity contribution in [2.24, 2.45) is 0 Å². The van der Waals surface area contributed by atoms with Crippen molar-refractivity contribution in [3.8, 4) is 0 Å². The van der Waals surface area contributed by atoms with Gasteiger partial charge in [0.2, 0.25) is 0 Å². The predicted molar refractivity (Wildman–Crippen MR) is 80.1 cm³/mol. The van der Waals surface area contributed by atoms with Gasteiger partial charge in [0.05, 0.1) is 17.8 Å². The summed E-state index contributed by atoms with van der Waals surface area (Å²) in [4.78, 5) is 20.0. The lowest BCUT2D eigenvalue weighted by Crippen LogP contribution is -2.39. The first-order chi connectivity index (χ1) is 9.90. The Balaban J connectivity index is 2.09. The smallest absolute Gasteiger partial charge is 0.271 e. The highest BCUT2D eigenvalue weighted by atomic mass is 35.5. The molecule has 0 aliphatic heterocycles. The summed E-state index contributed by atoms with van der Waals surface area (Å²) in [5, 5.41) is 13.2. The van der Waals surface area contributed by atoms with E-state index in [0.29, 0.717) is 5.82 Å². The quantitative estimate of drug-likeness (QED) is 0.907. The first-order valence-electron chi connectivity index (χ1n) is 6.45. The van der Waals surface area contributed by atoms with Gasteiger partial charge in [0.25, 0.3) is 5.91 Å². The minimum atomic E-state index is -1.18. The Morgan fingerprint density at radius 2 is 2.05 bits per heavy atom. The summed E-state index contributed by atoms with van der Waals surface area (Å²) in [5.74, 6) is 0.0149. The Hall–Kier alpha value is -1.98. The molecule has 1 aromatic heterocycles. The van der Waals surface area contributed by atoms with E-state index < -0.39 is 11.5 Å². The third kappa shape index (κ3) is 3.77. The molecule has 2 N–H and O–H groups in total. The fraction of sp³-hybridized carbons (Fsp3) is 0.267. The number of aryl methyl sites for hydroxylation is 1. The molecule has 0 bridgehead atoms. The maximum absolute atomic E-state index is 12.1. The van der Waals surface area contributed by atoms with Gasteiger partial charge in [0.15, 0.2) is 0 Å². The van der Waals surface area contributed by atoms with Crippen LogP contribution >= 0.6 is 11.6 Å². The van der Waals surface area contributed by atoms with Gasteiger partial charge >= 0.3 is 0 Å². The highest BCUT2D eigenvalue weighted by Gasteiger charge is 2.24. The first-order valence-corrected chi connectivity index (χ1v) is 6.83. The zero-order valence-electron chi connectivity index (χ0n) is 11.8. The fourth-order valence-corrected chi connectivity index (χ4v) is 2.03. The molecule has 110 valence electrons. The van der Waals surface area contributed by atoms with Gasteiger partial charge in [-0.15, -0.1) is 0 Å². The average Bonchev–Trinajstić information content (AvgIpc) is 2.48. The molecule has 6 heteroatoms. The Kier molecular flexibility index (Phi) is 4.55. The molecule has 0 aliphatic carbocycles. The SMILES string of the molecule is Cc1ncc(Cl)c(C(=O)NCC(C)(O)c2ccccc2)n1. The number of halogens is 1. The van der Waals surface area contributed by atoms with Gasteiger partial charge in [-0.1, -0.05) is 41.9 Å². The van der Waals surface area contributed by atoms with Crippen molar-refractivity contribution in [3.05, 3.63) is 58.6 Å². The summed E-state index contributed by atoms with van der Waals surface area (Å²) < 4.78 is 0. The van der Waals surface area contributed by atoms with Crippen LogP contribution in [0, 0.1) is 6.92 Å². The van der Waals surface area contributed by atoms with E-state index in [4.69, 9.17) is 11.6 Å². The Labute approximate surface area is 128 Å².